The van der Waals surface area contributed by atoms with E-state index in [9.17, 15) is 9.59 Å². The Morgan fingerprint density at radius 3 is 2.37 bits per heavy atom. The molecule has 0 spiro atoms. The minimum Gasteiger partial charge on any atom is -0.497 e. The van der Waals surface area contributed by atoms with Gasteiger partial charge in [0, 0.05) is 16.7 Å². The summed E-state index contributed by atoms with van der Waals surface area (Å²) in [7, 11) is 3.02. The van der Waals surface area contributed by atoms with Crippen molar-refractivity contribution in [1.82, 2.24) is 0 Å². The van der Waals surface area contributed by atoms with Gasteiger partial charge >= 0.3 is 0 Å². The first-order valence-electron chi connectivity index (χ1n) is 10.8. The van der Waals surface area contributed by atoms with Crippen LogP contribution >= 0.6 is 11.6 Å². The highest BCUT2D eigenvalue weighted by atomic mass is 35.5. The highest BCUT2D eigenvalue weighted by molar-refractivity contribution is 6.30. The zero-order valence-corrected chi connectivity index (χ0v) is 20.5. The molecule has 3 aromatic carbocycles. The molecule has 0 saturated heterocycles. The first-order chi connectivity index (χ1) is 16.8. The van der Waals surface area contributed by atoms with Crippen molar-refractivity contribution >= 4 is 34.2 Å². The highest BCUT2D eigenvalue weighted by Gasteiger charge is 2.20. The van der Waals surface area contributed by atoms with Gasteiger partial charge in [-0.05, 0) is 73.5 Å². The van der Waals surface area contributed by atoms with Gasteiger partial charge in [0.05, 0.1) is 25.3 Å². The van der Waals surface area contributed by atoms with Gasteiger partial charge in [-0.15, -0.1) is 0 Å². The van der Waals surface area contributed by atoms with E-state index in [0.717, 1.165) is 11.1 Å². The van der Waals surface area contributed by atoms with Crippen LogP contribution in [-0.4, -0.2) is 26.7 Å². The minimum absolute atomic E-state index is 0.0594. The van der Waals surface area contributed by atoms with Crippen LogP contribution < -0.4 is 25.0 Å². The fourth-order valence-electron chi connectivity index (χ4n) is 3.59. The Balaban J connectivity index is 1.70. The van der Waals surface area contributed by atoms with Crippen LogP contribution in [0.1, 0.15) is 11.1 Å². The summed E-state index contributed by atoms with van der Waals surface area (Å²) in [6, 6.07) is 15.4. The summed E-state index contributed by atoms with van der Waals surface area (Å²) in [5.41, 5.74) is 3.00. The second kappa shape index (κ2) is 10.1. The summed E-state index contributed by atoms with van der Waals surface area (Å²) in [4.78, 5) is 26.2. The van der Waals surface area contributed by atoms with E-state index < -0.39 is 12.5 Å². The highest BCUT2D eigenvalue weighted by Crippen LogP contribution is 2.33. The number of methoxy groups -OCH3 is 2. The van der Waals surface area contributed by atoms with E-state index in [1.165, 1.54) is 14.2 Å². The zero-order chi connectivity index (χ0) is 25.1. The molecule has 0 saturated carbocycles. The third-order valence-electron chi connectivity index (χ3n) is 5.60. The minimum atomic E-state index is -0.488. The Labute approximate surface area is 207 Å². The van der Waals surface area contributed by atoms with Crippen molar-refractivity contribution < 1.29 is 23.4 Å². The number of hydrogen-bond acceptors (Lipinski definition) is 6. The molecule has 0 bridgehead atoms. The summed E-state index contributed by atoms with van der Waals surface area (Å²) in [6.07, 6.45) is 0. The van der Waals surface area contributed by atoms with Crippen molar-refractivity contribution in [3.63, 3.8) is 0 Å². The standard InChI is InChI=1S/C27H24ClNO6/c1-15-11-20-23(12-16(15)2)35-26(17-5-7-18(28)8-6-17)27(25(20)31)34-14-24(30)29-21-13-19(32-3)9-10-22(21)33-4/h5-13H,14H2,1-4H3,(H,29,30). The van der Waals surface area contributed by atoms with Crippen LogP contribution in [0.4, 0.5) is 5.69 Å². The van der Waals surface area contributed by atoms with Gasteiger partial charge in [0.2, 0.25) is 11.2 Å². The molecule has 4 rings (SSSR count). The lowest BCUT2D eigenvalue weighted by molar-refractivity contribution is -0.118. The maximum atomic E-state index is 13.4. The largest absolute Gasteiger partial charge is 0.497 e. The molecule has 7 nitrogen and oxygen atoms in total. The molecular weight excluding hydrogens is 470 g/mol. The average molecular weight is 494 g/mol. The number of halogens is 1. The SMILES string of the molecule is COc1ccc(OC)c(NC(=O)COc2c(-c3ccc(Cl)cc3)oc3cc(C)c(C)cc3c2=O)c1. The number of aryl methyl sites for hydroxylation is 2. The normalized spacial score (nSPS) is 10.8. The van der Waals surface area contributed by atoms with Crippen LogP contribution in [0, 0.1) is 13.8 Å². The first-order valence-corrected chi connectivity index (χ1v) is 11.2. The van der Waals surface area contributed by atoms with E-state index in [0.29, 0.717) is 38.7 Å². The quantitative estimate of drug-likeness (QED) is 0.352. The fourth-order valence-corrected chi connectivity index (χ4v) is 3.72. The molecule has 180 valence electrons. The van der Waals surface area contributed by atoms with Gasteiger partial charge in [-0.3, -0.25) is 9.59 Å². The number of anilines is 1. The molecule has 1 amide bonds. The number of carbonyl (C=O) groups excluding carboxylic acids is 1. The predicted octanol–water partition coefficient (Wildman–Crippen LogP) is 5.76. The molecule has 1 N–H and O–H groups in total. The monoisotopic (exact) mass is 493 g/mol. The second-order valence-corrected chi connectivity index (χ2v) is 8.37. The molecule has 0 unspecified atom stereocenters. The topological polar surface area (TPSA) is 87.0 Å². The number of nitrogens with one attached hydrogen (secondary N) is 1. The second-order valence-electron chi connectivity index (χ2n) is 7.93. The van der Waals surface area contributed by atoms with E-state index in [4.69, 9.17) is 30.2 Å². The fraction of sp³-hybridized carbons (Fsp3) is 0.185. The Morgan fingerprint density at radius 2 is 1.69 bits per heavy atom. The lowest BCUT2D eigenvalue weighted by atomic mass is 10.0. The van der Waals surface area contributed by atoms with Crippen molar-refractivity contribution in [2.45, 2.75) is 13.8 Å². The van der Waals surface area contributed by atoms with Gasteiger partial charge in [-0.1, -0.05) is 11.6 Å². The molecular formula is C27H24ClNO6. The lowest BCUT2D eigenvalue weighted by Crippen LogP contribution is -2.23. The number of amides is 1. The van der Waals surface area contributed by atoms with E-state index in [-0.39, 0.29) is 16.9 Å². The summed E-state index contributed by atoms with van der Waals surface area (Å²) in [6.45, 7) is 3.43. The van der Waals surface area contributed by atoms with Gasteiger partial charge in [0.15, 0.2) is 12.4 Å². The smallest absolute Gasteiger partial charge is 0.262 e. The molecule has 0 fully saturated rings. The Kier molecular flexibility index (Phi) is 6.98. The molecule has 8 heteroatoms. The molecule has 4 aromatic rings. The van der Waals surface area contributed by atoms with Crippen LogP contribution in [0.15, 0.2) is 63.8 Å². The first kappa shape index (κ1) is 24.2. The number of ether oxygens (including phenoxy) is 3. The summed E-state index contributed by atoms with van der Waals surface area (Å²) in [5, 5.41) is 3.64. The number of benzene rings is 3. The van der Waals surface area contributed by atoms with E-state index in [1.54, 1.807) is 48.5 Å². The predicted molar refractivity (Wildman–Crippen MR) is 136 cm³/mol. The Bertz CT molecular complexity index is 1460. The molecule has 1 aromatic heterocycles. The van der Waals surface area contributed by atoms with Gasteiger partial charge < -0.3 is 23.9 Å². The number of carbonyl (C=O) groups is 1. The van der Waals surface area contributed by atoms with Crippen molar-refractivity contribution in [1.29, 1.82) is 0 Å². The van der Waals surface area contributed by atoms with Crippen LogP contribution in [0.2, 0.25) is 5.02 Å². The van der Waals surface area contributed by atoms with Crippen molar-refractivity contribution in [2.24, 2.45) is 0 Å². The third kappa shape index (κ3) is 5.10. The van der Waals surface area contributed by atoms with Crippen LogP contribution in [0.5, 0.6) is 17.2 Å². The van der Waals surface area contributed by atoms with Gasteiger partial charge in [-0.2, -0.15) is 0 Å². The number of fused-ring (bicyclic) bond motifs is 1. The molecule has 35 heavy (non-hydrogen) atoms. The van der Waals surface area contributed by atoms with Crippen molar-refractivity contribution in [3.05, 3.63) is 81.0 Å². The van der Waals surface area contributed by atoms with Crippen molar-refractivity contribution in [2.75, 3.05) is 26.1 Å². The Morgan fingerprint density at radius 1 is 0.971 bits per heavy atom. The van der Waals surface area contributed by atoms with E-state index >= 15 is 0 Å². The Hall–Kier alpha value is -3.97. The molecule has 0 radical (unpaired) electrons. The summed E-state index contributed by atoms with van der Waals surface area (Å²) in [5.74, 6) is 0.674. The van der Waals surface area contributed by atoms with Crippen LogP contribution in [-0.2, 0) is 4.79 Å². The zero-order valence-electron chi connectivity index (χ0n) is 19.7. The lowest BCUT2D eigenvalue weighted by Gasteiger charge is -2.14. The van der Waals surface area contributed by atoms with Gasteiger partial charge in [0.1, 0.15) is 17.1 Å². The number of rotatable bonds is 7. The average Bonchev–Trinajstić information content (AvgIpc) is 2.85. The molecule has 0 aliphatic rings. The number of hydrogen-bond donors (Lipinski definition) is 1. The summed E-state index contributed by atoms with van der Waals surface area (Å²) >= 11 is 6.03. The maximum Gasteiger partial charge on any atom is 0.262 e. The van der Waals surface area contributed by atoms with Crippen LogP contribution in [0.3, 0.4) is 0 Å². The van der Waals surface area contributed by atoms with Gasteiger partial charge in [0.25, 0.3) is 5.91 Å². The third-order valence-corrected chi connectivity index (χ3v) is 5.85. The van der Waals surface area contributed by atoms with E-state index in [2.05, 4.69) is 5.32 Å². The summed E-state index contributed by atoms with van der Waals surface area (Å²) < 4.78 is 22.4. The van der Waals surface area contributed by atoms with Crippen molar-refractivity contribution in [3.8, 4) is 28.6 Å². The van der Waals surface area contributed by atoms with Gasteiger partial charge in [-0.25, -0.2) is 0 Å². The van der Waals surface area contributed by atoms with E-state index in [1.807, 2.05) is 19.9 Å². The van der Waals surface area contributed by atoms with Crippen LogP contribution in [0.25, 0.3) is 22.3 Å². The molecule has 0 aliphatic heterocycles. The maximum absolute atomic E-state index is 13.4. The molecule has 0 aliphatic carbocycles. The molecule has 0 atom stereocenters. The molecule has 1 heterocycles.